The van der Waals surface area contributed by atoms with Crippen LogP contribution in [0.5, 0.6) is 0 Å². The fraction of sp³-hybridized carbons (Fsp3) is 0.727. The molecule has 3 atom stereocenters. The van der Waals surface area contributed by atoms with E-state index in [1.165, 1.54) is 16.7 Å². The van der Waals surface area contributed by atoms with Crippen LogP contribution in [0.15, 0.2) is 0 Å². The van der Waals surface area contributed by atoms with E-state index in [9.17, 15) is 14.4 Å². The first-order valence-electron chi connectivity index (χ1n) is 6.22. The largest absolute Gasteiger partial charge is 0.480 e. The molecule has 2 aliphatic heterocycles. The van der Waals surface area contributed by atoms with Gasteiger partial charge >= 0.3 is 12.0 Å². The molecule has 106 valence electrons. The minimum atomic E-state index is -0.987. The highest BCUT2D eigenvalue weighted by atomic mass is 32.2. The third kappa shape index (κ3) is 2.94. The van der Waals surface area contributed by atoms with Gasteiger partial charge in [-0.25, -0.2) is 9.59 Å². The number of carbonyl (C=O) groups excluding carboxylic acids is 2. The van der Waals surface area contributed by atoms with Crippen LogP contribution in [0.4, 0.5) is 4.79 Å². The van der Waals surface area contributed by atoms with Crippen molar-refractivity contribution in [3.8, 4) is 0 Å². The number of urea groups is 1. The van der Waals surface area contributed by atoms with E-state index in [0.717, 1.165) is 0 Å². The Bertz CT molecular complexity index is 403. The first-order valence-corrected chi connectivity index (χ1v) is 7.27. The molecule has 2 aliphatic rings. The number of amides is 3. The molecule has 2 rings (SSSR count). The standard InChI is InChI=1S/C11H17N3O4S/c1-2-9-14(7(5-19-9)10(16)17)11(18)13-6-3-8(15)12-4-6/h6-7,9H,2-5H2,1H3,(H,12,15)(H,13,18)(H,16,17). The topological polar surface area (TPSA) is 98.7 Å². The smallest absolute Gasteiger partial charge is 0.327 e. The number of carboxylic acid groups (broad SMARTS) is 1. The molecule has 2 fully saturated rings. The molecule has 8 heteroatoms. The summed E-state index contributed by atoms with van der Waals surface area (Å²) in [6.07, 6.45) is 0.949. The number of thioether (sulfide) groups is 1. The molecule has 0 aromatic heterocycles. The minimum Gasteiger partial charge on any atom is -0.480 e. The van der Waals surface area contributed by atoms with Gasteiger partial charge in [-0.1, -0.05) is 6.92 Å². The van der Waals surface area contributed by atoms with Crippen molar-refractivity contribution in [2.75, 3.05) is 12.3 Å². The number of aliphatic carboxylic acids is 1. The predicted octanol–water partition coefficient (Wildman–Crippen LogP) is -0.177. The second-order valence-electron chi connectivity index (χ2n) is 4.61. The summed E-state index contributed by atoms with van der Waals surface area (Å²) in [7, 11) is 0. The third-order valence-corrected chi connectivity index (χ3v) is 4.72. The van der Waals surface area contributed by atoms with Crippen molar-refractivity contribution in [2.24, 2.45) is 0 Å². The van der Waals surface area contributed by atoms with E-state index in [2.05, 4.69) is 10.6 Å². The van der Waals surface area contributed by atoms with Gasteiger partial charge in [0.2, 0.25) is 5.91 Å². The number of nitrogens with zero attached hydrogens (tertiary/aromatic N) is 1. The maximum atomic E-state index is 12.2. The van der Waals surface area contributed by atoms with Gasteiger partial charge in [-0.15, -0.1) is 11.8 Å². The SMILES string of the molecule is CCC1SCC(C(=O)O)N1C(=O)NC1CNC(=O)C1. The maximum Gasteiger partial charge on any atom is 0.327 e. The normalized spacial score (nSPS) is 30.3. The summed E-state index contributed by atoms with van der Waals surface area (Å²) in [6, 6.07) is -1.44. The van der Waals surface area contributed by atoms with Crippen molar-refractivity contribution in [3.63, 3.8) is 0 Å². The van der Waals surface area contributed by atoms with Crippen LogP contribution in [0.25, 0.3) is 0 Å². The first kappa shape index (κ1) is 14.0. The quantitative estimate of drug-likeness (QED) is 0.669. The summed E-state index contributed by atoms with van der Waals surface area (Å²) in [5, 5.41) is 14.4. The third-order valence-electron chi connectivity index (χ3n) is 3.27. The van der Waals surface area contributed by atoms with E-state index in [1.807, 2.05) is 6.92 Å². The minimum absolute atomic E-state index is 0.0945. The molecule has 0 bridgehead atoms. The van der Waals surface area contributed by atoms with Crippen LogP contribution in [0, 0.1) is 0 Å². The highest BCUT2D eigenvalue weighted by Gasteiger charge is 2.41. The molecule has 2 heterocycles. The van der Waals surface area contributed by atoms with E-state index < -0.39 is 18.0 Å². The summed E-state index contributed by atoms with van der Waals surface area (Å²) in [5.41, 5.74) is 0. The van der Waals surface area contributed by atoms with E-state index in [4.69, 9.17) is 5.11 Å². The van der Waals surface area contributed by atoms with Crippen molar-refractivity contribution in [1.29, 1.82) is 0 Å². The second-order valence-corrected chi connectivity index (χ2v) is 5.82. The molecule has 7 nitrogen and oxygen atoms in total. The molecule has 3 amide bonds. The molecular weight excluding hydrogens is 270 g/mol. The van der Waals surface area contributed by atoms with E-state index in [-0.39, 0.29) is 23.7 Å². The monoisotopic (exact) mass is 287 g/mol. The summed E-state index contributed by atoms with van der Waals surface area (Å²) in [4.78, 5) is 35.8. The average Bonchev–Trinajstić information content (AvgIpc) is 2.94. The van der Waals surface area contributed by atoms with Crippen LogP contribution >= 0.6 is 11.8 Å². The Hall–Kier alpha value is -1.44. The summed E-state index contributed by atoms with van der Waals surface area (Å²) >= 11 is 1.48. The fourth-order valence-electron chi connectivity index (χ4n) is 2.30. The van der Waals surface area contributed by atoms with Gasteiger partial charge in [0.1, 0.15) is 6.04 Å². The molecule has 0 radical (unpaired) electrons. The number of hydrogen-bond donors (Lipinski definition) is 3. The first-order chi connectivity index (χ1) is 9.02. The number of rotatable bonds is 3. The van der Waals surface area contributed by atoms with E-state index in [0.29, 0.717) is 18.7 Å². The van der Waals surface area contributed by atoms with E-state index >= 15 is 0 Å². The lowest BCUT2D eigenvalue weighted by atomic mass is 10.2. The molecule has 0 spiro atoms. The summed E-state index contributed by atoms with van der Waals surface area (Å²) < 4.78 is 0. The molecule has 0 aliphatic carbocycles. The Balaban J connectivity index is 2.02. The molecule has 3 unspecified atom stereocenters. The van der Waals surface area contributed by atoms with Crippen molar-refractivity contribution in [1.82, 2.24) is 15.5 Å². The Labute approximate surface area is 115 Å². The molecule has 0 aromatic rings. The van der Waals surface area contributed by atoms with Crippen LogP contribution in [-0.4, -0.2) is 57.7 Å². The van der Waals surface area contributed by atoms with Gasteiger partial charge in [-0.2, -0.15) is 0 Å². The molecular formula is C11H17N3O4S. The Morgan fingerprint density at radius 1 is 1.58 bits per heavy atom. The molecule has 19 heavy (non-hydrogen) atoms. The zero-order valence-electron chi connectivity index (χ0n) is 10.6. The van der Waals surface area contributed by atoms with Gasteiger partial charge in [-0.05, 0) is 6.42 Å². The van der Waals surface area contributed by atoms with Crippen LogP contribution in [-0.2, 0) is 9.59 Å². The number of carboxylic acids is 1. The summed E-state index contributed by atoms with van der Waals surface area (Å²) in [5.74, 6) is -0.675. The van der Waals surface area contributed by atoms with Gasteiger partial charge in [0, 0.05) is 18.7 Å². The fourth-order valence-corrected chi connectivity index (χ4v) is 3.64. The molecule has 0 saturated carbocycles. The number of carbonyl (C=O) groups is 3. The zero-order valence-corrected chi connectivity index (χ0v) is 11.4. The van der Waals surface area contributed by atoms with Crippen molar-refractivity contribution in [3.05, 3.63) is 0 Å². The Morgan fingerprint density at radius 2 is 2.32 bits per heavy atom. The van der Waals surface area contributed by atoms with Gasteiger partial charge < -0.3 is 15.7 Å². The number of hydrogen-bond acceptors (Lipinski definition) is 4. The van der Waals surface area contributed by atoms with Crippen molar-refractivity contribution >= 4 is 29.7 Å². The maximum absolute atomic E-state index is 12.2. The Morgan fingerprint density at radius 3 is 2.84 bits per heavy atom. The van der Waals surface area contributed by atoms with E-state index in [1.54, 1.807) is 0 Å². The van der Waals surface area contributed by atoms with Gasteiger partial charge in [0.15, 0.2) is 0 Å². The lowest BCUT2D eigenvalue weighted by molar-refractivity contribution is -0.141. The van der Waals surface area contributed by atoms with Crippen molar-refractivity contribution < 1.29 is 19.5 Å². The molecule has 3 N–H and O–H groups in total. The zero-order chi connectivity index (χ0) is 14.0. The average molecular weight is 287 g/mol. The van der Waals surface area contributed by atoms with Crippen LogP contribution in [0.2, 0.25) is 0 Å². The lowest BCUT2D eigenvalue weighted by Gasteiger charge is -2.28. The van der Waals surface area contributed by atoms with Crippen molar-refractivity contribution in [2.45, 2.75) is 37.2 Å². The highest BCUT2D eigenvalue weighted by molar-refractivity contribution is 8.00. The van der Waals surface area contributed by atoms with Crippen LogP contribution in [0.3, 0.4) is 0 Å². The lowest BCUT2D eigenvalue weighted by Crippen LogP contribution is -2.52. The van der Waals surface area contributed by atoms with Gasteiger partial charge in [0.25, 0.3) is 0 Å². The van der Waals surface area contributed by atoms with Gasteiger partial charge in [0.05, 0.1) is 11.4 Å². The Kier molecular flexibility index (Phi) is 4.18. The summed E-state index contributed by atoms with van der Waals surface area (Å²) in [6.45, 7) is 2.32. The highest BCUT2D eigenvalue weighted by Crippen LogP contribution is 2.31. The van der Waals surface area contributed by atoms with Gasteiger partial charge in [-0.3, -0.25) is 9.69 Å². The second kappa shape index (κ2) is 5.68. The predicted molar refractivity (Wildman–Crippen MR) is 69.7 cm³/mol. The number of nitrogens with one attached hydrogen (secondary N) is 2. The van der Waals surface area contributed by atoms with Crippen LogP contribution < -0.4 is 10.6 Å². The molecule has 2 saturated heterocycles. The molecule has 0 aromatic carbocycles. The van der Waals surface area contributed by atoms with Crippen LogP contribution in [0.1, 0.15) is 19.8 Å².